The van der Waals surface area contributed by atoms with Crippen molar-refractivity contribution in [1.82, 2.24) is 10.2 Å². The van der Waals surface area contributed by atoms with E-state index in [0.29, 0.717) is 6.54 Å². The van der Waals surface area contributed by atoms with Gasteiger partial charge >= 0.3 is 5.97 Å². The lowest BCUT2D eigenvalue weighted by molar-refractivity contribution is -0.142. The summed E-state index contributed by atoms with van der Waals surface area (Å²) in [5, 5.41) is 2.68. The summed E-state index contributed by atoms with van der Waals surface area (Å²) in [6.07, 6.45) is 0.860. The summed E-state index contributed by atoms with van der Waals surface area (Å²) in [6.45, 7) is 2.68. The van der Waals surface area contributed by atoms with Crippen molar-refractivity contribution in [2.45, 2.75) is 19.4 Å². The molecular weight excluding hydrogens is 210 g/mol. The maximum absolute atomic E-state index is 11.4. The number of nitrogens with two attached hydrogens (primary N) is 1. The minimum Gasteiger partial charge on any atom is -0.464 e. The second-order valence-electron chi connectivity index (χ2n) is 3.86. The van der Waals surface area contributed by atoms with Crippen LogP contribution < -0.4 is 11.1 Å². The predicted octanol–water partition coefficient (Wildman–Crippen LogP) is -1.06. The number of nitrogens with zero attached hydrogens (tertiary/aromatic N) is 1. The molecule has 0 saturated carbocycles. The van der Waals surface area contributed by atoms with E-state index in [9.17, 15) is 9.59 Å². The SMILES string of the molecule is CC(=O)OC[C@H](N)C(=O)NCCCN(C)C. The molecule has 0 rings (SSSR count). The van der Waals surface area contributed by atoms with Crippen molar-refractivity contribution in [3.05, 3.63) is 0 Å². The largest absolute Gasteiger partial charge is 0.464 e. The lowest BCUT2D eigenvalue weighted by Crippen LogP contribution is -2.44. The van der Waals surface area contributed by atoms with Crippen LogP contribution in [0.5, 0.6) is 0 Å². The van der Waals surface area contributed by atoms with Crippen LogP contribution in [0.1, 0.15) is 13.3 Å². The predicted molar refractivity (Wildman–Crippen MR) is 60.8 cm³/mol. The Morgan fingerprint density at radius 3 is 2.56 bits per heavy atom. The van der Waals surface area contributed by atoms with E-state index in [4.69, 9.17) is 5.73 Å². The standard InChI is InChI=1S/C10H21N3O3/c1-8(14)16-7-9(11)10(15)12-5-4-6-13(2)3/h9H,4-7,11H2,1-3H3,(H,12,15)/t9-/m0/s1. The van der Waals surface area contributed by atoms with Gasteiger partial charge in [-0.25, -0.2) is 0 Å². The van der Waals surface area contributed by atoms with E-state index >= 15 is 0 Å². The average molecular weight is 231 g/mol. The monoisotopic (exact) mass is 231 g/mol. The zero-order chi connectivity index (χ0) is 12.6. The van der Waals surface area contributed by atoms with Crippen LogP contribution in [0.4, 0.5) is 0 Å². The van der Waals surface area contributed by atoms with E-state index in [0.717, 1.165) is 13.0 Å². The van der Waals surface area contributed by atoms with Crippen molar-refractivity contribution < 1.29 is 14.3 Å². The van der Waals surface area contributed by atoms with E-state index < -0.39 is 12.0 Å². The van der Waals surface area contributed by atoms with Gasteiger partial charge in [0, 0.05) is 13.5 Å². The van der Waals surface area contributed by atoms with Gasteiger partial charge in [0.1, 0.15) is 12.6 Å². The molecule has 0 spiro atoms. The van der Waals surface area contributed by atoms with Crippen LogP contribution in [0.25, 0.3) is 0 Å². The summed E-state index contributed by atoms with van der Waals surface area (Å²) in [5.41, 5.74) is 5.51. The molecule has 6 heteroatoms. The van der Waals surface area contributed by atoms with Gasteiger partial charge in [-0.05, 0) is 27.1 Å². The van der Waals surface area contributed by atoms with Crippen LogP contribution in [0.3, 0.4) is 0 Å². The topological polar surface area (TPSA) is 84.7 Å². The first kappa shape index (κ1) is 14.9. The highest BCUT2D eigenvalue weighted by atomic mass is 16.5. The van der Waals surface area contributed by atoms with Crippen molar-refractivity contribution in [2.75, 3.05) is 33.8 Å². The Morgan fingerprint density at radius 2 is 2.06 bits per heavy atom. The molecule has 94 valence electrons. The van der Waals surface area contributed by atoms with Crippen molar-refractivity contribution in [3.8, 4) is 0 Å². The molecule has 1 atom stereocenters. The maximum Gasteiger partial charge on any atom is 0.302 e. The van der Waals surface area contributed by atoms with Gasteiger partial charge in [0.05, 0.1) is 0 Å². The Bertz CT molecular complexity index is 231. The molecule has 16 heavy (non-hydrogen) atoms. The van der Waals surface area contributed by atoms with E-state index in [1.165, 1.54) is 6.92 Å². The van der Waals surface area contributed by atoms with Gasteiger partial charge in [-0.15, -0.1) is 0 Å². The smallest absolute Gasteiger partial charge is 0.302 e. The zero-order valence-electron chi connectivity index (χ0n) is 10.2. The number of amides is 1. The molecule has 0 bridgehead atoms. The number of hydrogen-bond acceptors (Lipinski definition) is 5. The van der Waals surface area contributed by atoms with Crippen LogP contribution in [0, 0.1) is 0 Å². The summed E-state index contributed by atoms with van der Waals surface area (Å²) in [6, 6.07) is -0.789. The number of ether oxygens (including phenoxy) is 1. The fourth-order valence-corrected chi connectivity index (χ4v) is 1.02. The molecule has 3 N–H and O–H groups in total. The van der Waals surface area contributed by atoms with Gasteiger partial charge in [0.2, 0.25) is 5.91 Å². The fourth-order valence-electron chi connectivity index (χ4n) is 1.02. The lowest BCUT2D eigenvalue weighted by Gasteiger charge is -2.13. The molecule has 0 fully saturated rings. The Hall–Kier alpha value is -1.14. The normalized spacial score (nSPS) is 12.3. The van der Waals surface area contributed by atoms with Gasteiger partial charge in [0.15, 0.2) is 0 Å². The number of carbonyl (C=O) groups is 2. The molecular formula is C10H21N3O3. The number of hydrogen-bond donors (Lipinski definition) is 2. The number of esters is 1. The lowest BCUT2D eigenvalue weighted by atomic mass is 10.3. The first-order valence-electron chi connectivity index (χ1n) is 5.25. The molecule has 0 unspecified atom stereocenters. The van der Waals surface area contributed by atoms with Crippen molar-refractivity contribution in [3.63, 3.8) is 0 Å². The number of nitrogens with one attached hydrogen (secondary N) is 1. The minimum atomic E-state index is -0.789. The van der Waals surface area contributed by atoms with Gasteiger partial charge in [-0.1, -0.05) is 0 Å². The van der Waals surface area contributed by atoms with Crippen LogP contribution in [0.15, 0.2) is 0 Å². The first-order chi connectivity index (χ1) is 7.43. The van der Waals surface area contributed by atoms with Gasteiger partial charge in [-0.3, -0.25) is 9.59 Å². The Kier molecular flexibility index (Phi) is 7.49. The molecule has 0 aromatic rings. The van der Waals surface area contributed by atoms with Crippen LogP contribution in [-0.4, -0.2) is 56.6 Å². The maximum atomic E-state index is 11.4. The number of carbonyl (C=O) groups excluding carboxylic acids is 2. The van der Waals surface area contributed by atoms with E-state index in [2.05, 4.69) is 10.1 Å². The first-order valence-corrected chi connectivity index (χ1v) is 5.25. The molecule has 0 heterocycles. The summed E-state index contributed by atoms with van der Waals surface area (Å²) < 4.78 is 4.64. The van der Waals surface area contributed by atoms with E-state index in [1.54, 1.807) is 0 Å². The van der Waals surface area contributed by atoms with Crippen molar-refractivity contribution >= 4 is 11.9 Å². The summed E-state index contributed by atoms with van der Waals surface area (Å²) in [4.78, 5) is 23.9. The molecule has 1 amide bonds. The molecule has 0 aliphatic rings. The van der Waals surface area contributed by atoms with Crippen LogP contribution in [0.2, 0.25) is 0 Å². The molecule has 0 aromatic heterocycles. The van der Waals surface area contributed by atoms with Crippen LogP contribution >= 0.6 is 0 Å². The van der Waals surface area contributed by atoms with E-state index in [-0.39, 0.29) is 12.5 Å². The highest BCUT2D eigenvalue weighted by Crippen LogP contribution is 1.86. The summed E-state index contributed by atoms with van der Waals surface area (Å²) >= 11 is 0. The third-order valence-electron chi connectivity index (χ3n) is 1.88. The Balaban J connectivity index is 3.59. The Labute approximate surface area is 96.1 Å². The third kappa shape index (κ3) is 8.19. The average Bonchev–Trinajstić information content (AvgIpc) is 2.20. The molecule has 6 nitrogen and oxygen atoms in total. The quantitative estimate of drug-likeness (QED) is 0.431. The van der Waals surface area contributed by atoms with Crippen LogP contribution in [-0.2, 0) is 14.3 Å². The van der Waals surface area contributed by atoms with Gasteiger partial charge < -0.3 is 20.7 Å². The second kappa shape index (κ2) is 8.06. The Morgan fingerprint density at radius 1 is 1.44 bits per heavy atom. The zero-order valence-corrected chi connectivity index (χ0v) is 10.2. The number of rotatable bonds is 7. The molecule has 0 radical (unpaired) electrons. The minimum absolute atomic E-state index is 0.0746. The second-order valence-corrected chi connectivity index (χ2v) is 3.86. The molecule has 0 aliphatic heterocycles. The highest BCUT2D eigenvalue weighted by Gasteiger charge is 2.13. The summed E-state index contributed by atoms with van der Waals surface area (Å²) in [7, 11) is 3.93. The van der Waals surface area contributed by atoms with Crippen molar-refractivity contribution in [2.24, 2.45) is 5.73 Å². The molecule has 0 saturated heterocycles. The van der Waals surface area contributed by atoms with Crippen molar-refractivity contribution in [1.29, 1.82) is 0 Å². The summed E-state index contributed by atoms with van der Waals surface area (Å²) in [5.74, 6) is -0.726. The van der Waals surface area contributed by atoms with Gasteiger partial charge in [0.25, 0.3) is 0 Å². The van der Waals surface area contributed by atoms with E-state index in [1.807, 2.05) is 19.0 Å². The fraction of sp³-hybridized carbons (Fsp3) is 0.800. The van der Waals surface area contributed by atoms with Gasteiger partial charge in [-0.2, -0.15) is 0 Å². The highest BCUT2D eigenvalue weighted by molar-refractivity contribution is 5.81. The third-order valence-corrected chi connectivity index (χ3v) is 1.88. The molecule has 0 aromatic carbocycles. The molecule has 0 aliphatic carbocycles.